The van der Waals surface area contributed by atoms with E-state index in [1.54, 1.807) is 6.92 Å². The van der Waals surface area contributed by atoms with Crippen molar-refractivity contribution in [2.24, 2.45) is 0 Å². The van der Waals surface area contributed by atoms with Crippen LogP contribution in [0.2, 0.25) is 0 Å². The number of carbonyl (C=O) groups is 1. The number of nitrogens with zero attached hydrogens (tertiary/aromatic N) is 4. The van der Waals surface area contributed by atoms with Crippen LogP contribution < -0.4 is 0 Å². The molecule has 0 N–H and O–H groups in total. The number of benzene rings is 1. The summed E-state index contributed by atoms with van der Waals surface area (Å²) in [5, 5.41) is 3.86. The Bertz CT molecular complexity index is 938. The molecule has 29 heavy (non-hydrogen) atoms. The smallest absolute Gasteiger partial charge is 0.244 e. The highest BCUT2D eigenvalue weighted by Crippen LogP contribution is 2.30. The van der Waals surface area contributed by atoms with Crippen molar-refractivity contribution in [3.63, 3.8) is 0 Å². The molecule has 2 aromatic rings. The summed E-state index contributed by atoms with van der Waals surface area (Å²) in [5.74, 6) is 1.69. The molecule has 1 amide bonds. The average molecular weight is 419 g/mol. The maximum absolute atomic E-state index is 13.5. The summed E-state index contributed by atoms with van der Waals surface area (Å²) in [4.78, 5) is 21.7. The lowest BCUT2D eigenvalue weighted by atomic mass is 9.95. The number of rotatable bonds is 4. The Morgan fingerprint density at radius 1 is 1.10 bits per heavy atom. The molecule has 1 aromatic carbocycles. The van der Waals surface area contributed by atoms with Crippen molar-refractivity contribution in [3.8, 4) is 0 Å². The van der Waals surface area contributed by atoms with E-state index in [1.165, 1.54) is 0 Å². The zero-order valence-corrected chi connectivity index (χ0v) is 17.3. The lowest BCUT2D eigenvalue weighted by molar-refractivity contribution is -0.138. The SMILES string of the molecule is Cc1noc(C2CCN(C(=O)C(c3ccccc3)N3CCS(=O)(=O)CC3)CC2)n1. The van der Waals surface area contributed by atoms with E-state index in [-0.39, 0.29) is 23.3 Å². The number of aryl methyl sites for hydroxylation is 1. The fourth-order valence-electron chi connectivity index (χ4n) is 4.13. The van der Waals surface area contributed by atoms with Gasteiger partial charge < -0.3 is 9.42 Å². The van der Waals surface area contributed by atoms with Crippen molar-refractivity contribution in [1.82, 2.24) is 19.9 Å². The first-order valence-electron chi connectivity index (χ1n) is 10.0. The molecule has 2 aliphatic heterocycles. The molecule has 0 saturated carbocycles. The first-order chi connectivity index (χ1) is 13.9. The number of aromatic nitrogens is 2. The third-order valence-corrected chi connectivity index (χ3v) is 7.40. The number of amides is 1. The van der Waals surface area contributed by atoms with Gasteiger partial charge >= 0.3 is 0 Å². The van der Waals surface area contributed by atoms with E-state index in [0.29, 0.717) is 37.9 Å². The van der Waals surface area contributed by atoms with Gasteiger partial charge in [0.05, 0.1) is 11.5 Å². The predicted octanol–water partition coefficient (Wildman–Crippen LogP) is 1.56. The van der Waals surface area contributed by atoms with Gasteiger partial charge in [-0.1, -0.05) is 35.5 Å². The van der Waals surface area contributed by atoms with Crippen LogP contribution in [0.1, 0.15) is 42.1 Å². The van der Waals surface area contributed by atoms with Gasteiger partial charge in [0, 0.05) is 32.1 Å². The van der Waals surface area contributed by atoms with Crippen LogP contribution >= 0.6 is 0 Å². The molecule has 8 nitrogen and oxygen atoms in total. The molecular formula is C20H26N4O4S. The Labute approximate surface area is 170 Å². The Balaban J connectivity index is 1.48. The van der Waals surface area contributed by atoms with E-state index in [9.17, 15) is 13.2 Å². The quantitative estimate of drug-likeness (QED) is 0.743. The maximum atomic E-state index is 13.5. The normalized spacial score (nSPS) is 21.8. The van der Waals surface area contributed by atoms with E-state index >= 15 is 0 Å². The van der Waals surface area contributed by atoms with Gasteiger partial charge in [-0.3, -0.25) is 9.69 Å². The number of likely N-dealkylation sites (tertiary alicyclic amines) is 1. The van der Waals surface area contributed by atoms with Gasteiger partial charge in [0.25, 0.3) is 0 Å². The van der Waals surface area contributed by atoms with Crippen molar-refractivity contribution in [3.05, 3.63) is 47.6 Å². The molecule has 2 saturated heterocycles. The summed E-state index contributed by atoms with van der Waals surface area (Å²) in [6.45, 7) is 3.81. The summed E-state index contributed by atoms with van der Waals surface area (Å²) >= 11 is 0. The van der Waals surface area contributed by atoms with Crippen LogP contribution in [0, 0.1) is 6.92 Å². The molecule has 2 aliphatic rings. The van der Waals surface area contributed by atoms with E-state index in [4.69, 9.17) is 4.52 Å². The van der Waals surface area contributed by atoms with Crippen molar-refractivity contribution in [2.45, 2.75) is 31.7 Å². The van der Waals surface area contributed by atoms with Gasteiger partial charge in [0.1, 0.15) is 6.04 Å². The molecule has 9 heteroatoms. The van der Waals surface area contributed by atoms with Gasteiger partial charge in [-0.2, -0.15) is 4.98 Å². The van der Waals surface area contributed by atoms with Gasteiger partial charge in [-0.15, -0.1) is 0 Å². The summed E-state index contributed by atoms with van der Waals surface area (Å²) < 4.78 is 29.0. The standard InChI is InChI=1S/C20H26N4O4S/c1-15-21-19(28-22-15)17-7-9-24(10-8-17)20(25)18(16-5-3-2-4-6-16)23-11-13-29(26,27)14-12-23/h2-6,17-18H,7-14H2,1H3. The Morgan fingerprint density at radius 2 is 1.76 bits per heavy atom. The molecule has 1 atom stereocenters. The fraction of sp³-hybridized carbons (Fsp3) is 0.550. The number of sulfone groups is 1. The molecule has 1 unspecified atom stereocenters. The third kappa shape index (κ3) is 4.51. The lowest BCUT2D eigenvalue weighted by Gasteiger charge is -2.38. The van der Waals surface area contributed by atoms with Crippen LogP contribution in [0.3, 0.4) is 0 Å². The average Bonchev–Trinajstić information content (AvgIpc) is 3.16. The monoisotopic (exact) mass is 418 g/mol. The number of carbonyl (C=O) groups excluding carboxylic acids is 1. The topological polar surface area (TPSA) is 96.6 Å². The Kier molecular flexibility index (Phi) is 5.69. The number of piperidine rings is 1. The van der Waals surface area contributed by atoms with Crippen molar-refractivity contribution < 1.29 is 17.7 Å². The number of hydrogen-bond acceptors (Lipinski definition) is 7. The highest BCUT2D eigenvalue weighted by molar-refractivity contribution is 7.91. The lowest BCUT2D eigenvalue weighted by Crippen LogP contribution is -2.50. The summed E-state index contributed by atoms with van der Waals surface area (Å²) in [6, 6.07) is 9.19. The van der Waals surface area contributed by atoms with Crippen LogP contribution in [0.25, 0.3) is 0 Å². The third-order valence-electron chi connectivity index (χ3n) is 5.79. The van der Waals surface area contributed by atoms with Gasteiger partial charge in [-0.25, -0.2) is 8.42 Å². The Morgan fingerprint density at radius 3 is 2.34 bits per heavy atom. The molecule has 0 spiro atoms. The molecule has 4 rings (SSSR count). The second kappa shape index (κ2) is 8.23. The zero-order valence-electron chi connectivity index (χ0n) is 16.5. The van der Waals surface area contributed by atoms with Crippen LogP contribution in [0.4, 0.5) is 0 Å². The largest absolute Gasteiger partial charge is 0.341 e. The molecule has 2 fully saturated rings. The molecular weight excluding hydrogens is 392 g/mol. The second-order valence-electron chi connectivity index (χ2n) is 7.78. The van der Waals surface area contributed by atoms with Crippen LogP contribution in [0.5, 0.6) is 0 Å². The van der Waals surface area contributed by atoms with E-state index in [0.717, 1.165) is 18.4 Å². The minimum absolute atomic E-state index is 0.0376. The van der Waals surface area contributed by atoms with Crippen LogP contribution in [0.15, 0.2) is 34.9 Å². The molecule has 1 aromatic heterocycles. The van der Waals surface area contributed by atoms with Crippen molar-refractivity contribution >= 4 is 15.7 Å². The zero-order chi connectivity index (χ0) is 20.4. The Hall–Kier alpha value is -2.26. The molecule has 0 aliphatic carbocycles. The van der Waals surface area contributed by atoms with Crippen LogP contribution in [-0.4, -0.2) is 72.0 Å². The summed E-state index contributed by atoms with van der Waals surface area (Å²) in [7, 11) is -3.01. The minimum Gasteiger partial charge on any atom is -0.341 e. The summed E-state index contributed by atoms with van der Waals surface area (Å²) in [6.07, 6.45) is 1.56. The second-order valence-corrected chi connectivity index (χ2v) is 10.1. The molecule has 3 heterocycles. The fourth-order valence-corrected chi connectivity index (χ4v) is 5.36. The first-order valence-corrected chi connectivity index (χ1v) is 11.8. The van der Waals surface area contributed by atoms with Gasteiger partial charge in [0.15, 0.2) is 15.7 Å². The molecule has 156 valence electrons. The predicted molar refractivity (Wildman–Crippen MR) is 107 cm³/mol. The highest BCUT2D eigenvalue weighted by Gasteiger charge is 2.36. The van der Waals surface area contributed by atoms with Crippen LogP contribution in [-0.2, 0) is 14.6 Å². The minimum atomic E-state index is -3.01. The maximum Gasteiger partial charge on any atom is 0.244 e. The van der Waals surface area contributed by atoms with Gasteiger partial charge in [-0.05, 0) is 25.3 Å². The van der Waals surface area contributed by atoms with Gasteiger partial charge in [0.2, 0.25) is 11.8 Å². The van der Waals surface area contributed by atoms with E-state index in [2.05, 4.69) is 10.1 Å². The number of hydrogen-bond donors (Lipinski definition) is 0. The molecule has 0 radical (unpaired) electrons. The molecule has 0 bridgehead atoms. The van der Waals surface area contributed by atoms with E-state index in [1.807, 2.05) is 40.1 Å². The van der Waals surface area contributed by atoms with Crippen molar-refractivity contribution in [1.29, 1.82) is 0 Å². The summed E-state index contributed by atoms with van der Waals surface area (Å²) in [5.41, 5.74) is 0.909. The highest BCUT2D eigenvalue weighted by atomic mass is 32.2. The van der Waals surface area contributed by atoms with E-state index < -0.39 is 15.9 Å². The van der Waals surface area contributed by atoms with Crippen molar-refractivity contribution in [2.75, 3.05) is 37.7 Å². The first kappa shape index (κ1) is 20.0.